The highest BCUT2D eigenvalue weighted by molar-refractivity contribution is 7.98. The van der Waals surface area contributed by atoms with Gasteiger partial charge < -0.3 is 4.98 Å². The lowest BCUT2D eigenvalue weighted by Crippen LogP contribution is -2.08. The maximum atomic E-state index is 11.6. The molecule has 0 radical (unpaired) electrons. The highest BCUT2D eigenvalue weighted by Crippen LogP contribution is 2.17. The molecule has 0 bridgehead atoms. The van der Waals surface area contributed by atoms with Gasteiger partial charge in [0, 0.05) is 5.69 Å². The Labute approximate surface area is 85.1 Å². The van der Waals surface area contributed by atoms with Crippen molar-refractivity contribution in [2.45, 2.75) is 19.0 Å². The van der Waals surface area contributed by atoms with Crippen molar-refractivity contribution in [1.82, 2.24) is 15.0 Å². The zero-order chi connectivity index (χ0) is 10.3. The smallest absolute Gasteiger partial charge is 0.275 e. The molecule has 0 saturated carbocycles. The van der Waals surface area contributed by atoms with Crippen molar-refractivity contribution < 1.29 is 0 Å². The molecule has 0 amide bonds. The fourth-order valence-electron chi connectivity index (χ4n) is 1.40. The molecule has 2 heterocycles. The second-order valence-electron chi connectivity index (χ2n) is 3.17. The zero-order valence-electron chi connectivity index (χ0n) is 8.26. The Hall–Kier alpha value is -1.23. The highest BCUT2D eigenvalue weighted by atomic mass is 32.2. The first-order valence-electron chi connectivity index (χ1n) is 4.26. The monoisotopic (exact) mass is 209 g/mol. The molecule has 0 aliphatic rings. The molecule has 5 heteroatoms. The topological polar surface area (TPSA) is 61.5 Å². The van der Waals surface area contributed by atoms with Crippen molar-refractivity contribution in [1.29, 1.82) is 0 Å². The van der Waals surface area contributed by atoms with E-state index >= 15 is 0 Å². The van der Waals surface area contributed by atoms with Gasteiger partial charge in [0.25, 0.3) is 5.56 Å². The van der Waals surface area contributed by atoms with Gasteiger partial charge in [0.05, 0.1) is 5.52 Å². The van der Waals surface area contributed by atoms with Crippen LogP contribution in [0.3, 0.4) is 0 Å². The lowest BCUT2D eigenvalue weighted by atomic mass is 10.2. The summed E-state index contributed by atoms with van der Waals surface area (Å²) in [5, 5.41) is 0.657. The number of thioether (sulfide) groups is 1. The van der Waals surface area contributed by atoms with E-state index in [1.165, 1.54) is 11.8 Å². The molecule has 0 atom stereocenters. The Morgan fingerprint density at radius 2 is 2.00 bits per heavy atom. The quantitative estimate of drug-likeness (QED) is 0.554. The zero-order valence-corrected chi connectivity index (χ0v) is 9.08. The van der Waals surface area contributed by atoms with Crippen molar-refractivity contribution in [2.24, 2.45) is 0 Å². The van der Waals surface area contributed by atoms with Gasteiger partial charge in [-0.15, -0.1) is 0 Å². The van der Waals surface area contributed by atoms with E-state index in [1.807, 2.05) is 20.1 Å². The summed E-state index contributed by atoms with van der Waals surface area (Å²) in [5.41, 5.74) is 3.28. The Morgan fingerprint density at radius 3 is 2.64 bits per heavy atom. The number of fused-ring (bicyclic) bond motifs is 1. The van der Waals surface area contributed by atoms with Crippen LogP contribution in [0.1, 0.15) is 11.3 Å². The summed E-state index contributed by atoms with van der Waals surface area (Å²) in [4.78, 5) is 21.7. The number of aryl methyl sites for hydroxylation is 2. The molecule has 14 heavy (non-hydrogen) atoms. The van der Waals surface area contributed by atoms with Gasteiger partial charge in [-0.2, -0.15) is 0 Å². The van der Waals surface area contributed by atoms with Crippen LogP contribution in [0.15, 0.2) is 9.95 Å². The molecule has 74 valence electrons. The molecular weight excluding hydrogens is 198 g/mol. The van der Waals surface area contributed by atoms with Crippen molar-refractivity contribution in [3.63, 3.8) is 0 Å². The summed E-state index contributed by atoms with van der Waals surface area (Å²) in [6, 6.07) is 0. The van der Waals surface area contributed by atoms with E-state index in [9.17, 15) is 4.79 Å². The van der Waals surface area contributed by atoms with Crippen molar-refractivity contribution in [2.75, 3.05) is 6.26 Å². The van der Waals surface area contributed by atoms with Gasteiger partial charge in [0.2, 0.25) is 0 Å². The Balaban J connectivity index is 2.91. The van der Waals surface area contributed by atoms with Gasteiger partial charge in [-0.25, -0.2) is 4.98 Å². The number of nitrogens with one attached hydrogen (secondary N) is 2. The van der Waals surface area contributed by atoms with Crippen LogP contribution in [-0.4, -0.2) is 21.2 Å². The normalized spacial score (nSPS) is 11.1. The number of aromatic nitrogens is 3. The third kappa shape index (κ3) is 1.24. The summed E-state index contributed by atoms with van der Waals surface area (Å²) in [6.45, 7) is 3.90. The van der Waals surface area contributed by atoms with E-state index in [4.69, 9.17) is 0 Å². The number of rotatable bonds is 1. The number of hydrogen-bond donors (Lipinski definition) is 2. The van der Waals surface area contributed by atoms with Crippen LogP contribution in [0, 0.1) is 13.8 Å². The van der Waals surface area contributed by atoms with E-state index in [0.717, 1.165) is 16.8 Å². The summed E-state index contributed by atoms with van der Waals surface area (Å²) in [6.07, 6.45) is 1.89. The maximum Gasteiger partial charge on any atom is 0.275 e. The first kappa shape index (κ1) is 9.33. The lowest BCUT2D eigenvalue weighted by molar-refractivity contribution is 0.974. The van der Waals surface area contributed by atoms with Crippen LogP contribution in [0.2, 0.25) is 0 Å². The summed E-state index contributed by atoms with van der Waals surface area (Å²) >= 11 is 1.44. The molecule has 2 aromatic heterocycles. The minimum Gasteiger partial charge on any atom is -0.353 e. The molecule has 0 fully saturated rings. The molecule has 0 saturated heterocycles. The standard InChI is InChI=1S/C9H11N3OS/c1-4-5(2)10-7-6(4)11-9(14-3)12-8(7)13/h10H,1-3H3,(H,11,12,13). The predicted molar refractivity (Wildman–Crippen MR) is 58.0 cm³/mol. The van der Waals surface area contributed by atoms with E-state index in [2.05, 4.69) is 15.0 Å². The molecule has 0 spiro atoms. The molecule has 0 aliphatic heterocycles. The van der Waals surface area contributed by atoms with Gasteiger partial charge in [-0.05, 0) is 25.7 Å². The largest absolute Gasteiger partial charge is 0.353 e. The van der Waals surface area contributed by atoms with E-state index in [0.29, 0.717) is 10.7 Å². The Kier molecular flexibility index (Phi) is 2.11. The average molecular weight is 209 g/mol. The number of H-pyrrole nitrogens is 2. The van der Waals surface area contributed by atoms with Crippen LogP contribution in [0.25, 0.3) is 11.0 Å². The van der Waals surface area contributed by atoms with Gasteiger partial charge in [0.1, 0.15) is 5.52 Å². The SMILES string of the molecule is CSc1nc2c(C)c(C)[nH]c2c(=O)[nH]1. The van der Waals surface area contributed by atoms with Crippen molar-refractivity contribution >= 4 is 22.8 Å². The van der Waals surface area contributed by atoms with Crippen molar-refractivity contribution in [3.8, 4) is 0 Å². The minimum atomic E-state index is -0.101. The minimum absolute atomic E-state index is 0.101. The van der Waals surface area contributed by atoms with Gasteiger partial charge in [0.15, 0.2) is 5.16 Å². The average Bonchev–Trinajstić information content (AvgIpc) is 2.45. The first-order chi connectivity index (χ1) is 6.63. The molecule has 0 aromatic carbocycles. The third-order valence-electron chi connectivity index (χ3n) is 2.32. The maximum absolute atomic E-state index is 11.6. The third-order valence-corrected chi connectivity index (χ3v) is 2.90. The fraction of sp³-hybridized carbons (Fsp3) is 0.333. The first-order valence-corrected chi connectivity index (χ1v) is 5.49. The molecule has 2 rings (SSSR count). The van der Waals surface area contributed by atoms with E-state index < -0.39 is 0 Å². The Morgan fingerprint density at radius 1 is 1.29 bits per heavy atom. The molecule has 2 aromatic rings. The summed E-state index contributed by atoms with van der Waals surface area (Å²) < 4.78 is 0. The van der Waals surface area contributed by atoms with Gasteiger partial charge in [-0.1, -0.05) is 11.8 Å². The van der Waals surface area contributed by atoms with Crippen LogP contribution in [-0.2, 0) is 0 Å². The van der Waals surface area contributed by atoms with Crippen LogP contribution < -0.4 is 5.56 Å². The van der Waals surface area contributed by atoms with E-state index in [1.54, 1.807) is 0 Å². The lowest BCUT2D eigenvalue weighted by Gasteiger charge is -1.95. The molecule has 2 N–H and O–H groups in total. The number of nitrogens with zero attached hydrogens (tertiary/aromatic N) is 1. The second kappa shape index (κ2) is 3.16. The summed E-state index contributed by atoms with van der Waals surface area (Å²) in [5.74, 6) is 0. The van der Waals surface area contributed by atoms with Crippen LogP contribution >= 0.6 is 11.8 Å². The van der Waals surface area contributed by atoms with Gasteiger partial charge in [-0.3, -0.25) is 9.78 Å². The molecule has 0 unspecified atom stereocenters. The predicted octanol–water partition coefficient (Wildman–Crippen LogP) is 1.59. The Bertz CT molecular complexity index is 541. The van der Waals surface area contributed by atoms with E-state index in [-0.39, 0.29) is 5.56 Å². The second-order valence-corrected chi connectivity index (χ2v) is 3.97. The van der Waals surface area contributed by atoms with Crippen molar-refractivity contribution in [3.05, 3.63) is 21.6 Å². The number of hydrogen-bond acceptors (Lipinski definition) is 3. The fourth-order valence-corrected chi connectivity index (χ4v) is 1.77. The number of aromatic amines is 2. The molecule has 0 aliphatic carbocycles. The highest BCUT2D eigenvalue weighted by Gasteiger charge is 2.09. The summed E-state index contributed by atoms with van der Waals surface area (Å²) in [7, 11) is 0. The van der Waals surface area contributed by atoms with Crippen LogP contribution in [0.4, 0.5) is 0 Å². The van der Waals surface area contributed by atoms with Gasteiger partial charge >= 0.3 is 0 Å². The van der Waals surface area contributed by atoms with Crippen LogP contribution in [0.5, 0.6) is 0 Å². The molecular formula is C9H11N3OS. The molecule has 4 nitrogen and oxygen atoms in total.